The Morgan fingerprint density at radius 3 is 2.58 bits per heavy atom. The summed E-state index contributed by atoms with van der Waals surface area (Å²) in [6.45, 7) is -0.385. The minimum absolute atomic E-state index is 0.0383. The van der Waals surface area contributed by atoms with Crippen molar-refractivity contribution in [3.8, 4) is 0 Å². The molecule has 0 aliphatic carbocycles. The number of hydrogen-bond donors (Lipinski definition) is 0. The Balaban J connectivity index is 1.60. The number of hydrogen-bond acceptors (Lipinski definition) is 4. The standard InChI is InChI=1S/C18H12Cl2O4/c19-13-6-5-11(14(20)9-13)8-18(22)23-10-15(21)17-7-12-3-1-2-4-16(12)24-17/h1-7,9H,8,10H2. The molecule has 0 saturated carbocycles. The molecule has 2 aromatic carbocycles. The van der Waals surface area contributed by atoms with Gasteiger partial charge in [-0.25, -0.2) is 0 Å². The van der Waals surface area contributed by atoms with Gasteiger partial charge in [0, 0.05) is 15.4 Å². The van der Waals surface area contributed by atoms with Gasteiger partial charge in [-0.2, -0.15) is 0 Å². The SMILES string of the molecule is O=C(Cc1ccc(Cl)cc1Cl)OCC(=O)c1cc2ccccc2o1. The summed E-state index contributed by atoms with van der Waals surface area (Å²) < 4.78 is 10.4. The van der Waals surface area contributed by atoms with E-state index in [2.05, 4.69) is 0 Å². The van der Waals surface area contributed by atoms with Crippen molar-refractivity contribution < 1.29 is 18.7 Å². The van der Waals surface area contributed by atoms with Gasteiger partial charge in [0.25, 0.3) is 0 Å². The maximum Gasteiger partial charge on any atom is 0.310 e. The Bertz CT molecular complexity index is 881. The summed E-state index contributed by atoms with van der Waals surface area (Å²) in [6, 6.07) is 13.7. The minimum Gasteiger partial charge on any atom is -0.457 e. The van der Waals surface area contributed by atoms with E-state index in [4.69, 9.17) is 32.4 Å². The average molecular weight is 363 g/mol. The molecule has 0 spiro atoms. The van der Waals surface area contributed by atoms with Crippen LogP contribution in [-0.4, -0.2) is 18.4 Å². The van der Waals surface area contributed by atoms with Crippen LogP contribution < -0.4 is 0 Å². The van der Waals surface area contributed by atoms with E-state index in [-0.39, 0.29) is 18.8 Å². The van der Waals surface area contributed by atoms with Gasteiger partial charge in [0.2, 0.25) is 5.78 Å². The number of ether oxygens (including phenoxy) is 1. The molecule has 0 N–H and O–H groups in total. The highest BCUT2D eigenvalue weighted by Gasteiger charge is 2.15. The maximum absolute atomic E-state index is 12.1. The van der Waals surface area contributed by atoms with Gasteiger partial charge in [-0.1, -0.05) is 47.5 Å². The van der Waals surface area contributed by atoms with Crippen molar-refractivity contribution >= 4 is 45.9 Å². The van der Waals surface area contributed by atoms with Gasteiger partial charge in [-0.3, -0.25) is 9.59 Å². The molecule has 0 amide bonds. The highest BCUT2D eigenvalue weighted by atomic mass is 35.5. The minimum atomic E-state index is -0.552. The van der Waals surface area contributed by atoms with Gasteiger partial charge in [0.15, 0.2) is 12.4 Å². The lowest BCUT2D eigenvalue weighted by Crippen LogP contribution is -2.15. The fourth-order valence-corrected chi connectivity index (χ4v) is 2.68. The molecule has 6 heteroatoms. The largest absolute Gasteiger partial charge is 0.457 e. The Kier molecular flexibility index (Phi) is 4.88. The molecule has 122 valence electrons. The molecule has 0 radical (unpaired) electrons. The quantitative estimate of drug-likeness (QED) is 0.487. The molecular weight excluding hydrogens is 351 g/mol. The predicted octanol–water partition coefficient (Wildman–Crippen LogP) is 4.71. The number of para-hydroxylation sites is 1. The number of furan rings is 1. The van der Waals surface area contributed by atoms with Crippen LogP contribution in [0.15, 0.2) is 52.9 Å². The van der Waals surface area contributed by atoms with E-state index in [0.717, 1.165) is 5.39 Å². The van der Waals surface area contributed by atoms with Crippen molar-refractivity contribution in [2.45, 2.75) is 6.42 Å². The number of halogens is 2. The highest BCUT2D eigenvalue weighted by Crippen LogP contribution is 2.22. The van der Waals surface area contributed by atoms with E-state index in [1.807, 2.05) is 18.2 Å². The summed E-state index contributed by atoms with van der Waals surface area (Å²) in [5.74, 6) is -0.793. The Hall–Kier alpha value is -2.30. The van der Waals surface area contributed by atoms with Gasteiger partial charge in [-0.05, 0) is 29.8 Å². The molecule has 4 nitrogen and oxygen atoms in total. The lowest BCUT2D eigenvalue weighted by Gasteiger charge is -2.05. The summed E-state index contributed by atoms with van der Waals surface area (Å²) in [7, 11) is 0. The molecule has 0 fully saturated rings. The van der Waals surface area contributed by atoms with Crippen LogP contribution >= 0.6 is 23.2 Å². The summed E-state index contributed by atoms with van der Waals surface area (Å²) >= 11 is 11.8. The number of rotatable bonds is 5. The Morgan fingerprint density at radius 1 is 1.04 bits per heavy atom. The van der Waals surface area contributed by atoms with Crippen molar-refractivity contribution in [2.24, 2.45) is 0 Å². The average Bonchev–Trinajstić information content (AvgIpc) is 2.99. The third-order valence-corrected chi connectivity index (χ3v) is 4.00. The normalized spacial score (nSPS) is 10.8. The van der Waals surface area contributed by atoms with E-state index < -0.39 is 11.8 Å². The van der Waals surface area contributed by atoms with E-state index in [1.165, 1.54) is 0 Å². The zero-order chi connectivity index (χ0) is 17.1. The van der Waals surface area contributed by atoms with Crippen molar-refractivity contribution in [1.29, 1.82) is 0 Å². The van der Waals surface area contributed by atoms with Gasteiger partial charge in [-0.15, -0.1) is 0 Å². The Morgan fingerprint density at radius 2 is 1.83 bits per heavy atom. The molecule has 1 aromatic heterocycles. The van der Waals surface area contributed by atoms with E-state index in [9.17, 15) is 9.59 Å². The smallest absolute Gasteiger partial charge is 0.310 e. The van der Waals surface area contributed by atoms with Gasteiger partial charge in [0.05, 0.1) is 6.42 Å². The van der Waals surface area contributed by atoms with Crippen LogP contribution in [0.2, 0.25) is 10.0 Å². The Labute approximate surface area is 147 Å². The van der Waals surface area contributed by atoms with Crippen molar-refractivity contribution in [3.05, 3.63) is 69.9 Å². The van der Waals surface area contributed by atoms with E-state index in [1.54, 1.807) is 30.3 Å². The second-order valence-electron chi connectivity index (χ2n) is 5.14. The predicted molar refractivity (Wildman–Crippen MR) is 91.7 cm³/mol. The first-order valence-electron chi connectivity index (χ1n) is 7.14. The zero-order valence-electron chi connectivity index (χ0n) is 12.4. The topological polar surface area (TPSA) is 56.5 Å². The third kappa shape index (κ3) is 3.78. The van der Waals surface area contributed by atoms with Crippen molar-refractivity contribution in [2.75, 3.05) is 6.61 Å². The number of benzene rings is 2. The molecule has 3 aromatic rings. The van der Waals surface area contributed by atoms with Crippen LogP contribution in [0.25, 0.3) is 11.0 Å². The molecule has 3 rings (SSSR count). The van der Waals surface area contributed by atoms with Crippen LogP contribution in [0.3, 0.4) is 0 Å². The first-order valence-corrected chi connectivity index (χ1v) is 7.90. The molecule has 0 atom stereocenters. The zero-order valence-corrected chi connectivity index (χ0v) is 13.9. The number of Topliss-reactive ketones (excluding diaryl/α,β-unsaturated/α-hetero) is 1. The lowest BCUT2D eigenvalue weighted by molar-refractivity contribution is -0.141. The third-order valence-electron chi connectivity index (χ3n) is 3.41. The summed E-state index contributed by atoms with van der Waals surface area (Å²) in [5, 5.41) is 1.68. The van der Waals surface area contributed by atoms with Crippen LogP contribution in [0.5, 0.6) is 0 Å². The number of carbonyl (C=O) groups is 2. The van der Waals surface area contributed by atoms with E-state index >= 15 is 0 Å². The second-order valence-corrected chi connectivity index (χ2v) is 5.99. The van der Waals surface area contributed by atoms with Crippen molar-refractivity contribution in [1.82, 2.24) is 0 Å². The second kappa shape index (κ2) is 7.07. The first-order chi connectivity index (χ1) is 11.5. The van der Waals surface area contributed by atoms with Crippen LogP contribution in [0.4, 0.5) is 0 Å². The summed E-state index contributed by atoms with van der Waals surface area (Å²) in [4.78, 5) is 23.9. The van der Waals surface area contributed by atoms with Crippen LogP contribution in [0, 0.1) is 0 Å². The lowest BCUT2D eigenvalue weighted by atomic mass is 10.1. The van der Waals surface area contributed by atoms with Gasteiger partial charge >= 0.3 is 5.97 Å². The van der Waals surface area contributed by atoms with Crippen LogP contribution in [-0.2, 0) is 16.0 Å². The fourth-order valence-electron chi connectivity index (χ4n) is 2.21. The van der Waals surface area contributed by atoms with Gasteiger partial charge in [0.1, 0.15) is 5.58 Å². The number of esters is 1. The summed E-state index contributed by atoms with van der Waals surface area (Å²) in [5.41, 5.74) is 1.20. The number of ketones is 1. The highest BCUT2D eigenvalue weighted by molar-refractivity contribution is 6.35. The summed E-state index contributed by atoms with van der Waals surface area (Å²) in [6.07, 6.45) is -0.0383. The molecular formula is C18H12Cl2O4. The van der Waals surface area contributed by atoms with Gasteiger partial charge < -0.3 is 9.15 Å². The van der Waals surface area contributed by atoms with Crippen molar-refractivity contribution in [3.63, 3.8) is 0 Å². The maximum atomic E-state index is 12.1. The molecule has 0 saturated heterocycles. The number of fused-ring (bicyclic) bond motifs is 1. The molecule has 24 heavy (non-hydrogen) atoms. The molecule has 0 bridgehead atoms. The molecule has 1 heterocycles. The van der Waals surface area contributed by atoms with Crippen LogP contribution in [0.1, 0.15) is 16.1 Å². The fraction of sp³-hybridized carbons (Fsp3) is 0.111. The number of carbonyl (C=O) groups excluding carboxylic acids is 2. The molecule has 0 aliphatic heterocycles. The monoisotopic (exact) mass is 362 g/mol. The van der Waals surface area contributed by atoms with E-state index in [0.29, 0.717) is 21.2 Å². The molecule has 0 aliphatic rings. The first kappa shape index (κ1) is 16.6. The molecule has 0 unspecified atom stereocenters.